The van der Waals surface area contributed by atoms with Gasteiger partial charge in [-0.2, -0.15) is 5.10 Å². The summed E-state index contributed by atoms with van der Waals surface area (Å²) in [7, 11) is 3.36. The molecule has 2 rings (SSSR count). The summed E-state index contributed by atoms with van der Waals surface area (Å²) in [5.74, 6) is -0.226. The van der Waals surface area contributed by atoms with Gasteiger partial charge in [0, 0.05) is 24.3 Å². The lowest BCUT2D eigenvalue weighted by Crippen LogP contribution is -2.30. The fourth-order valence-corrected chi connectivity index (χ4v) is 2.20. The molecule has 0 fully saturated rings. The molecule has 0 aromatic carbocycles. The Morgan fingerprint density at radius 3 is 3.31 bits per heavy atom. The first kappa shape index (κ1) is 11.1. The maximum Gasteiger partial charge on any atom is 0.319 e. The van der Waals surface area contributed by atoms with E-state index in [0.717, 1.165) is 19.3 Å². The van der Waals surface area contributed by atoms with Crippen molar-refractivity contribution in [2.24, 2.45) is 7.05 Å². The smallest absolute Gasteiger partial charge is 0.319 e. The minimum atomic E-state index is -0.226. The third-order valence-corrected chi connectivity index (χ3v) is 3.10. The first-order valence-electron chi connectivity index (χ1n) is 5.53. The van der Waals surface area contributed by atoms with E-state index in [1.807, 2.05) is 17.9 Å². The quantitative estimate of drug-likeness (QED) is 0.761. The van der Waals surface area contributed by atoms with Gasteiger partial charge in [-0.05, 0) is 19.3 Å². The van der Waals surface area contributed by atoms with Crippen LogP contribution in [0.2, 0.25) is 0 Å². The van der Waals surface area contributed by atoms with E-state index in [9.17, 15) is 4.79 Å². The molecule has 5 nitrogen and oxygen atoms in total. The number of rotatable bonds is 3. The molecule has 0 saturated carbocycles. The number of carbonyl (C=O) groups excluding carboxylic acids is 1. The van der Waals surface area contributed by atoms with Crippen LogP contribution in [0.1, 0.15) is 30.1 Å². The molecule has 1 heterocycles. The lowest BCUT2D eigenvalue weighted by Gasteiger charge is -2.23. The minimum Gasteiger partial charge on any atom is -0.468 e. The van der Waals surface area contributed by atoms with Crippen LogP contribution in [0.5, 0.6) is 0 Å². The predicted octanol–water partition coefficient (Wildman–Crippen LogP) is 0.560. The van der Waals surface area contributed by atoms with Gasteiger partial charge in [0.25, 0.3) is 0 Å². The Labute approximate surface area is 94.8 Å². The van der Waals surface area contributed by atoms with Gasteiger partial charge in [-0.1, -0.05) is 0 Å². The number of ether oxygens (including phenoxy) is 1. The molecule has 1 aromatic heterocycles. The van der Waals surface area contributed by atoms with Crippen molar-refractivity contribution < 1.29 is 9.53 Å². The second-order valence-corrected chi connectivity index (χ2v) is 4.07. The Hall–Kier alpha value is -1.36. The first-order valence-corrected chi connectivity index (χ1v) is 5.53. The van der Waals surface area contributed by atoms with E-state index >= 15 is 0 Å². The van der Waals surface area contributed by atoms with E-state index in [1.165, 1.54) is 18.4 Å². The van der Waals surface area contributed by atoms with E-state index in [-0.39, 0.29) is 18.6 Å². The van der Waals surface area contributed by atoms with Crippen LogP contribution in [0.25, 0.3) is 0 Å². The molecule has 1 N–H and O–H groups in total. The summed E-state index contributed by atoms with van der Waals surface area (Å²) in [5, 5.41) is 7.47. The molecule has 0 amide bonds. The number of methoxy groups -OCH3 is 1. The lowest BCUT2D eigenvalue weighted by atomic mass is 9.93. The number of carbonyl (C=O) groups is 1. The zero-order chi connectivity index (χ0) is 11.5. The Morgan fingerprint density at radius 2 is 2.56 bits per heavy atom. The van der Waals surface area contributed by atoms with Crippen LogP contribution in [0.15, 0.2) is 6.20 Å². The molecule has 88 valence electrons. The number of hydrogen-bond acceptors (Lipinski definition) is 4. The third-order valence-electron chi connectivity index (χ3n) is 3.10. The van der Waals surface area contributed by atoms with Crippen LogP contribution in [-0.4, -0.2) is 29.4 Å². The van der Waals surface area contributed by atoms with Crippen molar-refractivity contribution in [1.82, 2.24) is 15.1 Å². The molecule has 0 aliphatic heterocycles. The molecule has 5 heteroatoms. The normalized spacial score (nSPS) is 19.2. The lowest BCUT2D eigenvalue weighted by molar-refractivity contribution is -0.139. The average molecular weight is 223 g/mol. The fraction of sp³-hybridized carbons (Fsp3) is 0.636. The standard InChI is InChI=1S/C11H17N3O2/c1-14-10-5-3-4-9(8(10)6-13-14)12-7-11(15)16-2/h6,9,12H,3-5,7H2,1-2H3. The summed E-state index contributed by atoms with van der Waals surface area (Å²) in [6, 6.07) is 0.233. The topological polar surface area (TPSA) is 56.1 Å². The molecule has 16 heavy (non-hydrogen) atoms. The third kappa shape index (κ3) is 2.09. The summed E-state index contributed by atoms with van der Waals surface area (Å²) in [4.78, 5) is 11.1. The van der Waals surface area contributed by atoms with Gasteiger partial charge in [-0.15, -0.1) is 0 Å². The molecule has 0 saturated heterocycles. The van der Waals surface area contributed by atoms with E-state index in [1.54, 1.807) is 0 Å². The summed E-state index contributed by atoms with van der Waals surface area (Å²) in [6.07, 6.45) is 5.15. The first-order chi connectivity index (χ1) is 7.72. The molecule has 1 aromatic rings. The Morgan fingerprint density at radius 1 is 1.75 bits per heavy atom. The second kappa shape index (κ2) is 4.65. The molecule has 1 aliphatic carbocycles. The molecule has 0 spiro atoms. The summed E-state index contributed by atoms with van der Waals surface area (Å²) >= 11 is 0. The number of hydrogen-bond donors (Lipinski definition) is 1. The fourth-order valence-electron chi connectivity index (χ4n) is 2.20. The number of esters is 1. The van der Waals surface area contributed by atoms with Crippen LogP contribution < -0.4 is 5.32 Å². The molecule has 0 radical (unpaired) electrons. The average Bonchev–Trinajstić information content (AvgIpc) is 2.69. The minimum absolute atomic E-state index is 0.226. The van der Waals surface area contributed by atoms with Gasteiger partial charge in [0.2, 0.25) is 0 Å². The highest BCUT2D eigenvalue weighted by Gasteiger charge is 2.23. The Bertz CT molecular complexity index is 387. The maximum atomic E-state index is 11.1. The molecular weight excluding hydrogens is 206 g/mol. The maximum absolute atomic E-state index is 11.1. The monoisotopic (exact) mass is 223 g/mol. The van der Waals surface area contributed by atoms with Crippen molar-refractivity contribution in [3.63, 3.8) is 0 Å². The van der Waals surface area contributed by atoms with Crippen LogP contribution in [0, 0.1) is 0 Å². The number of aryl methyl sites for hydroxylation is 1. The highest BCUT2D eigenvalue weighted by atomic mass is 16.5. The predicted molar refractivity (Wildman–Crippen MR) is 58.9 cm³/mol. The zero-order valence-electron chi connectivity index (χ0n) is 9.69. The van der Waals surface area contributed by atoms with Crippen molar-refractivity contribution in [2.45, 2.75) is 25.3 Å². The molecule has 1 aliphatic rings. The van der Waals surface area contributed by atoms with Crippen molar-refractivity contribution in [1.29, 1.82) is 0 Å². The largest absolute Gasteiger partial charge is 0.468 e. The SMILES string of the molecule is COC(=O)CNC1CCCc2c1cnn2C. The molecule has 0 bridgehead atoms. The van der Waals surface area contributed by atoms with Crippen LogP contribution in [-0.2, 0) is 23.0 Å². The van der Waals surface area contributed by atoms with E-state index in [4.69, 9.17) is 0 Å². The Balaban J connectivity index is 2.04. The van der Waals surface area contributed by atoms with Gasteiger partial charge in [-0.3, -0.25) is 14.8 Å². The molecular formula is C11H17N3O2. The molecule has 1 atom stereocenters. The number of nitrogens with one attached hydrogen (secondary N) is 1. The highest BCUT2D eigenvalue weighted by molar-refractivity contribution is 5.71. The van der Waals surface area contributed by atoms with E-state index in [2.05, 4.69) is 15.2 Å². The number of aromatic nitrogens is 2. The van der Waals surface area contributed by atoms with Gasteiger partial charge in [0.1, 0.15) is 0 Å². The number of fused-ring (bicyclic) bond motifs is 1. The zero-order valence-corrected chi connectivity index (χ0v) is 9.69. The van der Waals surface area contributed by atoms with Crippen LogP contribution in [0.3, 0.4) is 0 Å². The van der Waals surface area contributed by atoms with Crippen LogP contribution >= 0.6 is 0 Å². The van der Waals surface area contributed by atoms with Crippen molar-refractivity contribution in [2.75, 3.05) is 13.7 Å². The van der Waals surface area contributed by atoms with E-state index < -0.39 is 0 Å². The van der Waals surface area contributed by atoms with Gasteiger partial charge in [0.15, 0.2) is 0 Å². The van der Waals surface area contributed by atoms with Gasteiger partial charge >= 0.3 is 5.97 Å². The summed E-state index contributed by atoms with van der Waals surface area (Å²) in [6.45, 7) is 0.259. The number of nitrogens with zero attached hydrogens (tertiary/aromatic N) is 2. The van der Waals surface area contributed by atoms with Crippen molar-refractivity contribution in [3.05, 3.63) is 17.5 Å². The van der Waals surface area contributed by atoms with Crippen molar-refractivity contribution in [3.8, 4) is 0 Å². The Kier molecular flexibility index (Phi) is 3.24. The van der Waals surface area contributed by atoms with Gasteiger partial charge < -0.3 is 4.74 Å². The summed E-state index contributed by atoms with van der Waals surface area (Å²) in [5.41, 5.74) is 2.49. The molecule has 1 unspecified atom stereocenters. The van der Waals surface area contributed by atoms with Gasteiger partial charge in [0.05, 0.1) is 19.9 Å². The highest BCUT2D eigenvalue weighted by Crippen LogP contribution is 2.28. The second-order valence-electron chi connectivity index (χ2n) is 4.07. The van der Waals surface area contributed by atoms with E-state index in [0.29, 0.717) is 0 Å². The van der Waals surface area contributed by atoms with Crippen LogP contribution in [0.4, 0.5) is 0 Å². The van der Waals surface area contributed by atoms with Gasteiger partial charge in [-0.25, -0.2) is 0 Å². The van der Waals surface area contributed by atoms with Crippen molar-refractivity contribution >= 4 is 5.97 Å². The summed E-state index contributed by atoms with van der Waals surface area (Å²) < 4.78 is 6.53.